The van der Waals surface area contributed by atoms with Gasteiger partial charge in [0.05, 0.1) is 13.2 Å². The maximum atomic E-state index is 5.53. The number of rotatable bonds is 5. The van der Waals surface area contributed by atoms with E-state index in [1.807, 2.05) is 0 Å². The van der Waals surface area contributed by atoms with Gasteiger partial charge in [0.25, 0.3) is 0 Å². The summed E-state index contributed by atoms with van der Waals surface area (Å²) in [5, 5.41) is 0. The van der Waals surface area contributed by atoms with Crippen molar-refractivity contribution in [1.29, 1.82) is 0 Å². The SMILES string of the molecule is CCN(C)CCOCC(C)(C)C. The lowest BCUT2D eigenvalue weighted by Gasteiger charge is -2.19. The fraction of sp³-hybridized carbons (Fsp3) is 1.00. The highest BCUT2D eigenvalue weighted by molar-refractivity contribution is 4.59. The normalized spacial score (nSPS) is 12.5. The first-order valence-electron chi connectivity index (χ1n) is 4.72. The number of likely N-dealkylation sites (N-methyl/N-ethyl adjacent to an activating group) is 1. The maximum absolute atomic E-state index is 5.53. The van der Waals surface area contributed by atoms with Crippen LogP contribution in [0.4, 0.5) is 0 Å². The molecule has 0 saturated heterocycles. The number of hydrogen-bond acceptors (Lipinski definition) is 2. The Morgan fingerprint density at radius 3 is 2.25 bits per heavy atom. The van der Waals surface area contributed by atoms with Crippen molar-refractivity contribution in [2.75, 3.05) is 33.4 Å². The van der Waals surface area contributed by atoms with Crippen LogP contribution in [-0.4, -0.2) is 38.3 Å². The predicted octanol–water partition coefficient (Wildman–Crippen LogP) is 2.00. The number of hydrogen-bond donors (Lipinski definition) is 0. The summed E-state index contributed by atoms with van der Waals surface area (Å²) < 4.78 is 5.53. The summed E-state index contributed by atoms with van der Waals surface area (Å²) in [6.07, 6.45) is 0. The highest BCUT2D eigenvalue weighted by Gasteiger charge is 2.09. The zero-order valence-electron chi connectivity index (χ0n) is 9.18. The summed E-state index contributed by atoms with van der Waals surface area (Å²) in [7, 11) is 2.11. The second-order valence-electron chi connectivity index (χ2n) is 4.51. The molecule has 0 fully saturated rings. The van der Waals surface area contributed by atoms with E-state index in [1.165, 1.54) is 0 Å². The molecule has 0 aliphatic rings. The lowest BCUT2D eigenvalue weighted by Crippen LogP contribution is -2.24. The average Bonchev–Trinajstić information content (AvgIpc) is 1.96. The summed E-state index contributed by atoms with van der Waals surface area (Å²) in [6, 6.07) is 0. The van der Waals surface area contributed by atoms with Gasteiger partial charge in [0.15, 0.2) is 0 Å². The Kier molecular flexibility index (Phi) is 5.51. The first-order valence-corrected chi connectivity index (χ1v) is 4.72. The van der Waals surface area contributed by atoms with Crippen LogP contribution in [0.15, 0.2) is 0 Å². The molecule has 0 unspecified atom stereocenters. The summed E-state index contributed by atoms with van der Waals surface area (Å²) in [5.41, 5.74) is 0.296. The summed E-state index contributed by atoms with van der Waals surface area (Å²) in [4.78, 5) is 2.25. The molecule has 0 aromatic rings. The Morgan fingerprint density at radius 2 is 1.83 bits per heavy atom. The number of ether oxygens (including phenoxy) is 1. The van der Waals surface area contributed by atoms with Gasteiger partial charge < -0.3 is 9.64 Å². The van der Waals surface area contributed by atoms with E-state index in [-0.39, 0.29) is 0 Å². The van der Waals surface area contributed by atoms with E-state index in [2.05, 4.69) is 39.6 Å². The molecule has 0 heterocycles. The third-order valence-corrected chi connectivity index (χ3v) is 1.69. The van der Waals surface area contributed by atoms with Crippen LogP contribution in [0.1, 0.15) is 27.7 Å². The summed E-state index contributed by atoms with van der Waals surface area (Å²) in [6.45, 7) is 12.6. The topological polar surface area (TPSA) is 12.5 Å². The lowest BCUT2D eigenvalue weighted by atomic mass is 9.99. The highest BCUT2D eigenvalue weighted by atomic mass is 16.5. The molecule has 2 heteroatoms. The van der Waals surface area contributed by atoms with E-state index < -0.39 is 0 Å². The van der Waals surface area contributed by atoms with Crippen LogP contribution in [0, 0.1) is 5.41 Å². The smallest absolute Gasteiger partial charge is 0.0593 e. The molecular formula is C10H23NO. The average molecular weight is 173 g/mol. The third-order valence-electron chi connectivity index (χ3n) is 1.69. The monoisotopic (exact) mass is 173 g/mol. The van der Waals surface area contributed by atoms with E-state index in [9.17, 15) is 0 Å². The first kappa shape index (κ1) is 11.9. The zero-order valence-corrected chi connectivity index (χ0v) is 9.18. The van der Waals surface area contributed by atoms with Crippen molar-refractivity contribution in [3.8, 4) is 0 Å². The Morgan fingerprint density at radius 1 is 1.25 bits per heavy atom. The van der Waals surface area contributed by atoms with Gasteiger partial charge in [-0.05, 0) is 19.0 Å². The Bertz CT molecular complexity index is 107. The second-order valence-corrected chi connectivity index (χ2v) is 4.51. The molecule has 0 amide bonds. The molecule has 0 aliphatic carbocycles. The van der Waals surface area contributed by atoms with Gasteiger partial charge in [-0.1, -0.05) is 27.7 Å². The molecule has 0 aliphatic heterocycles. The predicted molar refractivity (Wildman–Crippen MR) is 53.4 cm³/mol. The third kappa shape index (κ3) is 8.02. The minimum atomic E-state index is 0.296. The van der Waals surface area contributed by atoms with Crippen LogP contribution >= 0.6 is 0 Å². The van der Waals surface area contributed by atoms with Crippen LogP contribution < -0.4 is 0 Å². The van der Waals surface area contributed by atoms with Crippen LogP contribution in [0.25, 0.3) is 0 Å². The van der Waals surface area contributed by atoms with Gasteiger partial charge in [-0.15, -0.1) is 0 Å². The van der Waals surface area contributed by atoms with E-state index in [0.29, 0.717) is 5.41 Å². The fourth-order valence-corrected chi connectivity index (χ4v) is 0.757. The Balaban J connectivity index is 3.22. The zero-order chi connectivity index (χ0) is 9.61. The van der Waals surface area contributed by atoms with Gasteiger partial charge in [-0.3, -0.25) is 0 Å². The van der Waals surface area contributed by atoms with Crippen LogP contribution in [0.3, 0.4) is 0 Å². The van der Waals surface area contributed by atoms with E-state index in [0.717, 1.165) is 26.3 Å². The number of nitrogens with zero attached hydrogens (tertiary/aromatic N) is 1. The quantitative estimate of drug-likeness (QED) is 0.590. The minimum Gasteiger partial charge on any atom is -0.380 e. The molecule has 0 spiro atoms. The molecule has 0 bridgehead atoms. The van der Waals surface area contributed by atoms with Crippen molar-refractivity contribution in [2.45, 2.75) is 27.7 Å². The van der Waals surface area contributed by atoms with Gasteiger partial charge in [0, 0.05) is 6.54 Å². The standard InChI is InChI=1S/C10H23NO/c1-6-11(5)7-8-12-9-10(2,3)4/h6-9H2,1-5H3. The molecule has 12 heavy (non-hydrogen) atoms. The van der Waals surface area contributed by atoms with Crippen LogP contribution in [0.2, 0.25) is 0 Å². The molecule has 0 aromatic carbocycles. The van der Waals surface area contributed by atoms with Gasteiger partial charge in [-0.2, -0.15) is 0 Å². The first-order chi connectivity index (χ1) is 5.45. The van der Waals surface area contributed by atoms with Gasteiger partial charge >= 0.3 is 0 Å². The van der Waals surface area contributed by atoms with Gasteiger partial charge in [0.1, 0.15) is 0 Å². The molecule has 0 radical (unpaired) electrons. The minimum absolute atomic E-state index is 0.296. The molecule has 74 valence electrons. The van der Waals surface area contributed by atoms with Crippen molar-refractivity contribution >= 4 is 0 Å². The molecular weight excluding hydrogens is 150 g/mol. The van der Waals surface area contributed by atoms with Gasteiger partial charge in [0.2, 0.25) is 0 Å². The van der Waals surface area contributed by atoms with Crippen LogP contribution in [-0.2, 0) is 4.74 Å². The molecule has 2 nitrogen and oxygen atoms in total. The molecule has 0 saturated carbocycles. The molecule has 0 rings (SSSR count). The maximum Gasteiger partial charge on any atom is 0.0593 e. The van der Waals surface area contributed by atoms with Crippen molar-refractivity contribution < 1.29 is 4.74 Å². The fourth-order valence-electron chi connectivity index (χ4n) is 0.757. The summed E-state index contributed by atoms with van der Waals surface area (Å²) >= 11 is 0. The Labute approximate surface area is 76.9 Å². The van der Waals surface area contributed by atoms with E-state index in [1.54, 1.807) is 0 Å². The Hall–Kier alpha value is -0.0800. The molecule has 0 aromatic heterocycles. The lowest BCUT2D eigenvalue weighted by molar-refractivity contribution is 0.0595. The van der Waals surface area contributed by atoms with Crippen molar-refractivity contribution in [2.24, 2.45) is 5.41 Å². The summed E-state index contributed by atoms with van der Waals surface area (Å²) in [5.74, 6) is 0. The van der Waals surface area contributed by atoms with E-state index in [4.69, 9.17) is 4.74 Å². The van der Waals surface area contributed by atoms with E-state index >= 15 is 0 Å². The highest BCUT2D eigenvalue weighted by Crippen LogP contribution is 2.12. The van der Waals surface area contributed by atoms with Crippen LogP contribution in [0.5, 0.6) is 0 Å². The van der Waals surface area contributed by atoms with Crippen molar-refractivity contribution in [1.82, 2.24) is 4.90 Å². The molecule has 0 atom stereocenters. The van der Waals surface area contributed by atoms with Crippen molar-refractivity contribution in [3.05, 3.63) is 0 Å². The largest absolute Gasteiger partial charge is 0.380 e. The van der Waals surface area contributed by atoms with Crippen molar-refractivity contribution in [3.63, 3.8) is 0 Å². The molecule has 0 N–H and O–H groups in total. The second kappa shape index (κ2) is 5.55. The van der Waals surface area contributed by atoms with Gasteiger partial charge in [-0.25, -0.2) is 0 Å².